The third kappa shape index (κ3) is 4.79. The highest BCUT2D eigenvalue weighted by Crippen LogP contribution is 2.49. The topological polar surface area (TPSA) is 87.8 Å². The zero-order valence-corrected chi connectivity index (χ0v) is 18.9. The van der Waals surface area contributed by atoms with E-state index < -0.39 is 74.8 Å². The molecule has 6 nitrogen and oxygen atoms in total. The molecule has 0 aromatic heterocycles. The van der Waals surface area contributed by atoms with Gasteiger partial charge in [-0.15, -0.1) is 0 Å². The molecule has 0 saturated heterocycles. The monoisotopic (exact) mass is 513 g/mol. The number of carbonyl (C=O) groups is 2. The molecule has 3 rings (SSSR count). The molecule has 0 aliphatic rings. The molecule has 0 aliphatic heterocycles. The van der Waals surface area contributed by atoms with Crippen molar-refractivity contribution >= 4 is 11.7 Å². The number of ketones is 1. The third-order valence-electron chi connectivity index (χ3n) is 5.09. The molecule has 3 aromatic rings. The maximum atomic E-state index is 14.9. The van der Waals surface area contributed by atoms with Crippen LogP contribution >= 0.6 is 0 Å². The maximum Gasteiger partial charge on any atom is 0.419 e. The van der Waals surface area contributed by atoms with Gasteiger partial charge in [-0.2, -0.15) is 17.6 Å². The van der Waals surface area contributed by atoms with Crippen LogP contribution in [0.4, 0.5) is 26.3 Å². The summed E-state index contributed by atoms with van der Waals surface area (Å²) in [4.78, 5) is 24.5. The number of methoxy groups -OCH3 is 2. The van der Waals surface area contributed by atoms with Gasteiger partial charge < -0.3 is 19.9 Å². The Kier molecular flexibility index (Phi) is 7.18. The van der Waals surface area contributed by atoms with Crippen molar-refractivity contribution in [3.05, 3.63) is 70.5 Å². The molecule has 0 bridgehead atoms. The summed E-state index contributed by atoms with van der Waals surface area (Å²) in [6.45, 7) is 1.04. The van der Waals surface area contributed by atoms with Crippen LogP contribution in [0.2, 0.25) is 0 Å². The minimum Gasteiger partial charge on any atom is -0.497 e. The van der Waals surface area contributed by atoms with Crippen LogP contribution < -0.4 is 19.9 Å². The van der Waals surface area contributed by atoms with Crippen LogP contribution in [-0.4, -0.2) is 25.9 Å². The van der Waals surface area contributed by atoms with Crippen LogP contribution in [0.3, 0.4) is 0 Å². The van der Waals surface area contributed by atoms with E-state index in [0.29, 0.717) is 6.07 Å². The van der Waals surface area contributed by atoms with Crippen molar-refractivity contribution < 1.29 is 50.1 Å². The molecule has 3 aromatic carbocycles. The molecular weight excluding hydrogens is 496 g/mol. The highest BCUT2D eigenvalue weighted by atomic mass is 19.4. The lowest BCUT2D eigenvalue weighted by molar-refractivity contribution is -0.139. The van der Waals surface area contributed by atoms with Crippen molar-refractivity contribution in [2.45, 2.75) is 13.1 Å². The Labute approximate surface area is 200 Å². The summed E-state index contributed by atoms with van der Waals surface area (Å²) >= 11 is 0. The van der Waals surface area contributed by atoms with Crippen LogP contribution in [0.1, 0.15) is 33.2 Å². The Morgan fingerprint density at radius 3 is 2.06 bits per heavy atom. The van der Waals surface area contributed by atoms with E-state index in [4.69, 9.17) is 19.9 Å². The molecule has 12 heteroatoms. The molecule has 2 N–H and O–H groups in total. The summed E-state index contributed by atoms with van der Waals surface area (Å²) in [5.74, 6) is -9.31. The third-order valence-corrected chi connectivity index (χ3v) is 5.09. The molecule has 0 saturated carbocycles. The Hall–Kier alpha value is -4.22. The maximum absolute atomic E-state index is 14.9. The number of hydrogen-bond donors (Lipinski definition) is 1. The zero-order valence-electron chi connectivity index (χ0n) is 18.9. The Bertz CT molecular complexity index is 1370. The van der Waals surface area contributed by atoms with Crippen LogP contribution in [0.15, 0.2) is 36.4 Å². The van der Waals surface area contributed by atoms with Crippen molar-refractivity contribution in [1.82, 2.24) is 0 Å². The van der Waals surface area contributed by atoms with Gasteiger partial charge in [0.25, 0.3) is 5.91 Å². The Balaban J connectivity index is 2.52. The van der Waals surface area contributed by atoms with Crippen molar-refractivity contribution in [1.29, 1.82) is 0 Å². The van der Waals surface area contributed by atoms with Crippen molar-refractivity contribution in [2.75, 3.05) is 14.2 Å². The van der Waals surface area contributed by atoms with Gasteiger partial charge in [-0.25, -0.2) is 8.78 Å². The summed E-state index contributed by atoms with van der Waals surface area (Å²) in [6, 6.07) is 4.95. The summed E-state index contributed by atoms with van der Waals surface area (Å²) in [6.07, 6.45) is -5.36. The predicted octanol–water partition coefficient (Wildman–Crippen LogP) is 5.90. The largest absolute Gasteiger partial charge is 0.497 e. The van der Waals surface area contributed by atoms with Crippen molar-refractivity contribution in [3.63, 3.8) is 0 Å². The Morgan fingerprint density at radius 2 is 1.53 bits per heavy atom. The second-order valence-corrected chi connectivity index (χ2v) is 7.31. The molecule has 0 unspecified atom stereocenters. The Morgan fingerprint density at radius 1 is 0.861 bits per heavy atom. The van der Waals surface area contributed by atoms with Gasteiger partial charge in [0.1, 0.15) is 22.9 Å². The fourth-order valence-corrected chi connectivity index (χ4v) is 3.51. The normalized spacial score (nSPS) is 11.2. The molecule has 0 aliphatic carbocycles. The number of halogens is 6. The molecular formula is C24H17F6NO5. The SMILES string of the molecule is COc1ccc(-c2c(Oc3ccc(F)c(F)c3OC)c(C(N)=O)cc(F)c2C(F)(F)F)c(C(C)=O)c1. The molecule has 1 amide bonds. The van der Waals surface area contributed by atoms with Gasteiger partial charge in [-0.1, -0.05) is 0 Å². The highest BCUT2D eigenvalue weighted by molar-refractivity contribution is 6.05. The van der Waals surface area contributed by atoms with E-state index in [1.807, 2.05) is 0 Å². The van der Waals surface area contributed by atoms with Gasteiger partial charge in [-0.05, 0) is 48.9 Å². The molecule has 36 heavy (non-hydrogen) atoms. The lowest BCUT2D eigenvalue weighted by atomic mass is 9.90. The molecule has 190 valence electrons. The first-order valence-corrected chi connectivity index (χ1v) is 9.94. The number of carbonyl (C=O) groups excluding carboxylic acids is 2. The van der Waals surface area contributed by atoms with Gasteiger partial charge in [0, 0.05) is 11.1 Å². The van der Waals surface area contributed by atoms with Crippen LogP contribution in [0, 0.1) is 17.5 Å². The molecule has 0 spiro atoms. The number of primary amides is 1. The molecule has 0 heterocycles. The first-order valence-electron chi connectivity index (χ1n) is 9.94. The van der Waals surface area contributed by atoms with E-state index in [2.05, 4.69) is 0 Å². The lowest BCUT2D eigenvalue weighted by Crippen LogP contribution is -2.18. The number of Topliss-reactive ketones (excluding diaryl/α,β-unsaturated/α-hetero) is 1. The van der Waals surface area contributed by atoms with Gasteiger partial charge in [-0.3, -0.25) is 9.59 Å². The summed E-state index contributed by atoms with van der Waals surface area (Å²) < 4.78 is 100. The first-order chi connectivity index (χ1) is 16.8. The van der Waals surface area contributed by atoms with E-state index in [0.717, 1.165) is 32.2 Å². The first kappa shape index (κ1) is 26.4. The minimum atomic E-state index is -5.36. The highest BCUT2D eigenvalue weighted by Gasteiger charge is 2.41. The quantitative estimate of drug-likeness (QED) is 0.314. The number of rotatable bonds is 7. The number of nitrogens with two attached hydrogens (primary N) is 1. The minimum absolute atomic E-state index is 0.0915. The van der Waals surface area contributed by atoms with Crippen LogP contribution in [-0.2, 0) is 6.18 Å². The van der Waals surface area contributed by atoms with E-state index >= 15 is 0 Å². The lowest BCUT2D eigenvalue weighted by Gasteiger charge is -2.22. The summed E-state index contributed by atoms with van der Waals surface area (Å²) in [7, 11) is 2.18. The van der Waals surface area contributed by atoms with Crippen molar-refractivity contribution in [3.8, 4) is 34.1 Å². The van der Waals surface area contributed by atoms with E-state index in [1.165, 1.54) is 13.2 Å². The van der Waals surface area contributed by atoms with Crippen molar-refractivity contribution in [2.24, 2.45) is 5.73 Å². The number of benzene rings is 3. The fourth-order valence-electron chi connectivity index (χ4n) is 3.51. The smallest absolute Gasteiger partial charge is 0.419 e. The number of hydrogen-bond acceptors (Lipinski definition) is 5. The van der Waals surface area contributed by atoms with E-state index in [9.17, 15) is 35.9 Å². The number of alkyl halides is 3. The van der Waals surface area contributed by atoms with Gasteiger partial charge >= 0.3 is 6.18 Å². The standard InChI is InChI=1S/C24H17F6NO5/c1-10(32)13-8-11(34-2)4-5-12(13)18-19(24(28,29)30)16(26)9-14(23(31)33)21(18)36-17-7-6-15(25)20(27)22(17)35-3/h4-9H,1-3H3,(H2,31,33). The van der Waals surface area contributed by atoms with Crippen LogP contribution in [0.25, 0.3) is 11.1 Å². The molecule has 0 radical (unpaired) electrons. The zero-order chi connectivity index (χ0) is 26.9. The predicted molar refractivity (Wildman–Crippen MR) is 115 cm³/mol. The summed E-state index contributed by atoms with van der Waals surface area (Å²) in [5, 5.41) is 0. The van der Waals surface area contributed by atoms with Gasteiger partial charge in [0.05, 0.1) is 19.8 Å². The van der Waals surface area contributed by atoms with Gasteiger partial charge in [0.2, 0.25) is 11.6 Å². The molecule has 0 atom stereocenters. The van der Waals surface area contributed by atoms with Crippen LogP contribution in [0.5, 0.6) is 23.0 Å². The summed E-state index contributed by atoms with van der Waals surface area (Å²) in [5.41, 5.74) is 0.623. The van der Waals surface area contributed by atoms with E-state index in [-0.39, 0.29) is 17.4 Å². The number of amides is 1. The average Bonchev–Trinajstić information content (AvgIpc) is 2.80. The molecule has 0 fully saturated rings. The average molecular weight is 513 g/mol. The second kappa shape index (κ2) is 9.80. The fraction of sp³-hybridized carbons (Fsp3) is 0.167. The number of ether oxygens (including phenoxy) is 3. The second-order valence-electron chi connectivity index (χ2n) is 7.31. The van der Waals surface area contributed by atoms with Gasteiger partial charge in [0.15, 0.2) is 17.3 Å². The van der Waals surface area contributed by atoms with E-state index in [1.54, 1.807) is 0 Å².